The lowest BCUT2D eigenvalue weighted by Crippen LogP contribution is -2.20. The Balaban J connectivity index is 2.72. The summed E-state index contributed by atoms with van der Waals surface area (Å²) in [6, 6.07) is 8.27. The van der Waals surface area contributed by atoms with Crippen LogP contribution in [-0.2, 0) is 0 Å². The molecular weight excluding hydrogens is 174 g/mol. The van der Waals surface area contributed by atoms with Gasteiger partial charge in [-0.2, -0.15) is 0 Å². The van der Waals surface area contributed by atoms with Crippen molar-refractivity contribution in [2.75, 3.05) is 25.1 Å². The van der Waals surface area contributed by atoms with Crippen LogP contribution in [0.25, 0.3) is 6.08 Å². The average molecular weight is 191 g/mol. The maximum atomic E-state index is 8.78. The van der Waals surface area contributed by atoms with E-state index in [0.29, 0.717) is 6.54 Å². The molecule has 1 rings (SSSR count). The van der Waals surface area contributed by atoms with Gasteiger partial charge in [0.25, 0.3) is 0 Å². The summed E-state index contributed by atoms with van der Waals surface area (Å²) < 4.78 is 0. The largest absolute Gasteiger partial charge is 0.395 e. The number of hydrogen-bond donors (Lipinski definition) is 1. The van der Waals surface area contributed by atoms with Crippen molar-refractivity contribution in [3.8, 4) is 0 Å². The fourth-order valence-electron chi connectivity index (χ4n) is 1.31. The summed E-state index contributed by atoms with van der Waals surface area (Å²) in [6.45, 7) is 2.86. The molecule has 2 heteroatoms. The Morgan fingerprint density at radius 1 is 1.29 bits per heavy atom. The molecule has 1 aromatic rings. The van der Waals surface area contributed by atoms with Gasteiger partial charge in [0, 0.05) is 19.3 Å². The number of rotatable bonds is 4. The zero-order valence-corrected chi connectivity index (χ0v) is 8.77. The van der Waals surface area contributed by atoms with Gasteiger partial charge >= 0.3 is 0 Å². The number of hydrogen-bond acceptors (Lipinski definition) is 2. The third kappa shape index (κ3) is 2.89. The summed E-state index contributed by atoms with van der Waals surface area (Å²) in [7, 11) is 1.97. The molecule has 14 heavy (non-hydrogen) atoms. The van der Waals surface area contributed by atoms with E-state index in [9.17, 15) is 0 Å². The van der Waals surface area contributed by atoms with Gasteiger partial charge < -0.3 is 10.0 Å². The van der Waals surface area contributed by atoms with E-state index >= 15 is 0 Å². The van der Waals surface area contributed by atoms with E-state index in [1.165, 1.54) is 5.56 Å². The van der Waals surface area contributed by atoms with Gasteiger partial charge in [0.2, 0.25) is 0 Å². The van der Waals surface area contributed by atoms with E-state index in [4.69, 9.17) is 5.11 Å². The number of likely N-dealkylation sites (N-methyl/N-ethyl adjacent to an activating group) is 1. The predicted molar refractivity (Wildman–Crippen MR) is 61.5 cm³/mol. The van der Waals surface area contributed by atoms with Crippen molar-refractivity contribution < 1.29 is 5.11 Å². The molecule has 0 amide bonds. The normalized spacial score (nSPS) is 10.8. The lowest BCUT2D eigenvalue weighted by molar-refractivity contribution is 0.304. The van der Waals surface area contributed by atoms with E-state index in [2.05, 4.69) is 30.3 Å². The molecule has 0 unspecified atom stereocenters. The zero-order chi connectivity index (χ0) is 10.4. The highest BCUT2D eigenvalue weighted by Crippen LogP contribution is 2.14. The topological polar surface area (TPSA) is 23.5 Å². The van der Waals surface area contributed by atoms with Crippen LogP contribution in [0.15, 0.2) is 30.3 Å². The third-order valence-electron chi connectivity index (χ3n) is 2.13. The van der Waals surface area contributed by atoms with Crippen molar-refractivity contribution >= 4 is 11.8 Å². The van der Waals surface area contributed by atoms with Gasteiger partial charge in [-0.1, -0.05) is 24.3 Å². The second kappa shape index (κ2) is 5.45. The van der Waals surface area contributed by atoms with Gasteiger partial charge in [-0.3, -0.25) is 0 Å². The number of aliphatic hydroxyl groups excluding tert-OH is 1. The molecule has 0 bridgehead atoms. The maximum absolute atomic E-state index is 8.78. The molecule has 1 aromatic carbocycles. The van der Waals surface area contributed by atoms with Crippen LogP contribution in [0.4, 0.5) is 5.69 Å². The van der Waals surface area contributed by atoms with Crippen LogP contribution >= 0.6 is 0 Å². The quantitative estimate of drug-likeness (QED) is 0.788. The van der Waals surface area contributed by atoms with Gasteiger partial charge in [-0.15, -0.1) is 0 Å². The molecule has 2 nitrogen and oxygen atoms in total. The van der Waals surface area contributed by atoms with E-state index < -0.39 is 0 Å². The van der Waals surface area contributed by atoms with Crippen molar-refractivity contribution in [1.82, 2.24) is 0 Å². The lowest BCUT2D eigenvalue weighted by atomic mass is 10.2. The molecule has 0 fully saturated rings. The van der Waals surface area contributed by atoms with Gasteiger partial charge in [-0.05, 0) is 24.6 Å². The number of nitrogens with zero attached hydrogens (tertiary/aromatic N) is 1. The lowest BCUT2D eigenvalue weighted by Gasteiger charge is -2.17. The van der Waals surface area contributed by atoms with Crippen molar-refractivity contribution in [2.24, 2.45) is 0 Å². The zero-order valence-electron chi connectivity index (χ0n) is 8.77. The van der Waals surface area contributed by atoms with Crippen LogP contribution in [0.3, 0.4) is 0 Å². The number of benzene rings is 1. The monoisotopic (exact) mass is 191 g/mol. The predicted octanol–water partition coefficient (Wildman–Crippen LogP) is 2.15. The van der Waals surface area contributed by atoms with Crippen LogP contribution in [0.1, 0.15) is 12.5 Å². The number of anilines is 1. The number of aliphatic hydroxyl groups is 1. The SMILES string of the molecule is C/C=C/c1ccc(N(C)CCO)cc1. The van der Waals surface area contributed by atoms with Crippen LogP contribution in [0.5, 0.6) is 0 Å². The van der Waals surface area contributed by atoms with Crippen molar-refractivity contribution in [3.05, 3.63) is 35.9 Å². The van der Waals surface area contributed by atoms with E-state index in [0.717, 1.165) is 5.69 Å². The van der Waals surface area contributed by atoms with Crippen molar-refractivity contribution in [1.29, 1.82) is 0 Å². The highest BCUT2D eigenvalue weighted by Gasteiger charge is 1.98. The van der Waals surface area contributed by atoms with Gasteiger partial charge in [0.15, 0.2) is 0 Å². The highest BCUT2D eigenvalue weighted by molar-refractivity contribution is 5.55. The fourth-order valence-corrected chi connectivity index (χ4v) is 1.31. The van der Waals surface area contributed by atoms with E-state index in [1.54, 1.807) is 0 Å². The summed E-state index contributed by atoms with van der Waals surface area (Å²) in [5, 5.41) is 8.78. The Bertz CT molecular complexity index is 290. The molecule has 0 aliphatic rings. The smallest absolute Gasteiger partial charge is 0.0606 e. The first kappa shape index (κ1) is 10.8. The van der Waals surface area contributed by atoms with Gasteiger partial charge in [-0.25, -0.2) is 0 Å². The minimum absolute atomic E-state index is 0.188. The molecule has 0 radical (unpaired) electrons. The van der Waals surface area contributed by atoms with Gasteiger partial charge in [0.1, 0.15) is 0 Å². The van der Waals surface area contributed by atoms with Crippen molar-refractivity contribution in [2.45, 2.75) is 6.92 Å². The summed E-state index contributed by atoms with van der Waals surface area (Å²) >= 11 is 0. The van der Waals surface area contributed by atoms with Crippen LogP contribution in [-0.4, -0.2) is 25.3 Å². The second-order valence-corrected chi connectivity index (χ2v) is 3.24. The molecule has 76 valence electrons. The molecule has 0 heterocycles. The van der Waals surface area contributed by atoms with Crippen LogP contribution in [0.2, 0.25) is 0 Å². The maximum Gasteiger partial charge on any atom is 0.0606 e. The molecule has 0 atom stereocenters. The standard InChI is InChI=1S/C12H17NO/c1-3-4-11-5-7-12(8-6-11)13(2)9-10-14/h3-8,14H,9-10H2,1-2H3/b4-3+. The summed E-state index contributed by atoms with van der Waals surface area (Å²) in [6.07, 6.45) is 4.09. The Labute approximate surface area is 85.5 Å². The second-order valence-electron chi connectivity index (χ2n) is 3.24. The van der Waals surface area contributed by atoms with Crippen LogP contribution < -0.4 is 4.90 Å². The summed E-state index contributed by atoms with van der Waals surface area (Å²) in [5.41, 5.74) is 2.33. The van der Waals surface area contributed by atoms with E-state index in [-0.39, 0.29) is 6.61 Å². The molecule has 1 N–H and O–H groups in total. The Hall–Kier alpha value is -1.28. The number of allylic oxidation sites excluding steroid dienone is 1. The molecule has 0 aromatic heterocycles. The first-order valence-electron chi connectivity index (χ1n) is 4.82. The minimum Gasteiger partial charge on any atom is -0.395 e. The molecule has 0 saturated carbocycles. The van der Waals surface area contributed by atoms with Crippen molar-refractivity contribution in [3.63, 3.8) is 0 Å². The summed E-state index contributed by atoms with van der Waals surface area (Å²) in [4.78, 5) is 2.03. The van der Waals surface area contributed by atoms with E-state index in [1.807, 2.05) is 24.9 Å². The van der Waals surface area contributed by atoms with Gasteiger partial charge in [0.05, 0.1) is 6.61 Å². The van der Waals surface area contributed by atoms with Crippen LogP contribution in [0, 0.1) is 0 Å². The molecular formula is C12H17NO. The Kier molecular flexibility index (Phi) is 4.20. The fraction of sp³-hybridized carbons (Fsp3) is 0.333. The Morgan fingerprint density at radius 2 is 1.93 bits per heavy atom. The third-order valence-corrected chi connectivity index (χ3v) is 2.13. The summed E-state index contributed by atoms with van der Waals surface area (Å²) in [5.74, 6) is 0. The molecule has 0 aliphatic carbocycles. The minimum atomic E-state index is 0.188. The average Bonchev–Trinajstić information content (AvgIpc) is 2.20. The molecule has 0 spiro atoms. The first-order valence-corrected chi connectivity index (χ1v) is 4.82. The first-order chi connectivity index (χ1) is 6.77. The molecule has 0 aliphatic heterocycles. The highest BCUT2D eigenvalue weighted by atomic mass is 16.3. The molecule has 0 saturated heterocycles. The Morgan fingerprint density at radius 3 is 2.43 bits per heavy atom.